The summed E-state index contributed by atoms with van der Waals surface area (Å²) in [7, 11) is 1.37. The van der Waals surface area contributed by atoms with Crippen LogP contribution in [-0.4, -0.2) is 30.6 Å². The van der Waals surface area contributed by atoms with Gasteiger partial charge >= 0.3 is 5.92 Å². The van der Waals surface area contributed by atoms with Crippen LogP contribution in [0.2, 0.25) is 0 Å². The van der Waals surface area contributed by atoms with Crippen molar-refractivity contribution in [3.8, 4) is 5.88 Å². The lowest BCUT2D eigenvalue weighted by Gasteiger charge is -2.14. The molecule has 1 fully saturated rings. The number of nitrogens with two attached hydrogens (primary N) is 1. The molecule has 0 saturated heterocycles. The van der Waals surface area contributed by atoms with Crippen molar-refractivity contribution in [3.05, 3.63) is 23.9 Å². The average Bonchev–Trinajstić information content (AvgIpc) is 3.20. The predicted octanol–water partition coefficient (Wildman–Crippen LogP) is 1.25. The molecule has 7 heteroatoms. The number of hydrogen-bond donors (Lipinski definition) is 2. The molecule has 5 nitrogen and oxygen atoms in total. The Labute approximate surface area is 109 Å². The predicted molar refractivity (Wildman–Crippen MR) is 67.3 cm³/mol. The van der Waals surface area contributed by atoms with E-state index in [2.05, 4.69) is 15.3 Å². The summed E-state index contributed by atoms with van der Waals surface area (Å²) in [5, 5.41) is 2.85. The summed E-state index contributed by atoms with van der Waals surface area (Å²) in [4.78, 5) is 7.37. The molecule has 0 aromatic carbocycles. The number of hydrogen-bond acceptors (Lipinski definition) is 3. The molecular formula is C12H16F2N4O. The fraction of sp³-hybridized carbons (Fsp3) is 0.500. The van der Waals surface area contributed by atoms with Gasteiger partial charge in [0.05, 0.1) is 7.11 Å². The normalized spacial score (nSPS) is 16.3. The largest absolute Gasteiger partial charge is 0.481 e. The number of aliphatic imine (C=N–C) groups is 1. The van der Waals surface area contributed by atoms with Gasteiger partial charge in [0, 0.05) is 12.1 Å². The van der Waals surface area contributed by atoms with Crippen molar-refractivity contribution in [2.24, 2.45) is 10.7 Å². The number of halogens is 2. The lowest BCUT2D eigenvalue weighted by Crippen LogP contribution is -2.34. The van der Waals surface area contributed by atoms with E-state index in [1.807, 2.05) is 0 Å². The Morgan fingerprint density at radius 3 is 2.95 bits per heavy atom. The van der Waals surface area contributed by atoms with Crippen LogP contribution in [0.4, 0.5) is 8.78 Å². The molecular weight excluding hydrogens is 254 g/mol. The van der Waals surface area contributed by atoms with Crippen molar-refractivity contribution < 1.29 is 13.5 Å². The van der Waals surface area contributed by atoms with Gasteiger partial charge in [0.2, 0.25) is 5.88 Å². The molecule has 0 aliphatic heterocycles. The molecule has 0 amide bonds. The second-order valence-corrected chi connectivity index (χ2v) is 4.39. The van der Waals surface area contributed by atoms with Crippen LogP contribution in [0.3, 0.4) is 0 Å². The molecule has 0 radical (unpaired) electrons. The number of guanidine groups is 1. The third-order valence-corrected chi connectivity index (χ3v) is 2.68. The smallest absolute Gasteiger partial charge is 0.309 e. The topological polar surface area (TPSA) is 72.5 Å². The SMILES string of the molecule is COc1cccc(C(F)(F)CN=C(N)NC2CC2)n1. The standard InChI is InChI=1S/C12H16F2N4O/c1-19-10-4-2-3-9(18-10)12(13,14)7-16-11(15)17-8-5-6-8/h2-4,8H,5-7H2,1H3,(H3,15,16,17). The summed E-state index contributed by atoms with van der Waals surface area (Å²) >= 11 is 0. The summed E-state index contributed by atoms with van der Waals surface area (Å²) in [6.07, 6.45) is 2.01. The molecule has 2 rings (SSSR count). The number of ether oxygens (including phenoxy) is 1. The van der Waals surface area contributed by atoms with Gasteiger partial charge in [-0.2, -0.15) is 8.78 Å². The minimum atomic E-state index is -3.18. The number of nitrogens with one attached hydrogen (secondary N) is 1. The zero-order chi connectivity index (χ0) is 13.9. The Bertz CT molecular complexity index is 475. The first-order valence-electron chi connectivity index (χ1n) is 5.97. The van der Waals surface area contributed by atoms with E-state index in [0.29, 0.717) is 0 Å². The van der Waals surface area contributed by atoms with Crippen molar-refractivity contribution >= 4 is 5.96 Å². The number of alkyl halides is 2. The van der Waals surface area contributed by atoms with Crippen LogP contribution in [0.25, 0.3) is 0 Å². The van der Waals surface area contributed by atoms with Crippen molar-refractivity contribution in [3.63, 3.8) is 0 Å². The van der Waals surface area contributed by atoms with Crippen LogP contribution >= 0.6 is 0 Å². The van der Waals surface area contributed by atoms with E-state index in [1.54, 1.807) is 0 Å². The summed E-state index contributed by atoms with van der Waals surface area (Å²) in [6.45, 7) is -0.737. The molecule has 1 aliphatic rings. The first-order chi connectivity index (χ1) is 9.01. The Kier molecular flexibility index (Phi) is 3.82. The summed E-state index contributed by atoms with van der Waals surface area (Å²) in [5.41, 5.74) is 5.14. The van der Waals surface area contributed by atoms with E-state index < -0.39 is 12.5 Å². The minimum absolute atomic E-state index is 0.0464. The maximum absolute atomic E-state index is 13.9. The van der Waals surface area contributed by atoms with Crippen LogP contribution in [0, 0.1) is 0 Å². The molecule has 0 atom stereocenters. The third-order valence-electron chi connectivity index (χ3n) is 2.68. The van der Waals surface area contributed by atoms with Gasteiger partial charge in [0.1, 0.15) is 12.2 Å². The van der Waals surface area contributed by atoms with Gasteiger partial charge in [-0.05, 0) is 18.9 Å². The summed E-state index contributed by atoms with van der Waals surface area (Å²) in [6, 6.07) is 4.49. The maximum atomic E-state index is 13.9. The summed E-state index contributed by atoms with van der Waals surface area (Å²) in [5.74, 6) is -2.99. The molecule has 0 unspecified atom stereocenters. The van der Waals surface area contributed by atoms with E-state index in [-0.39, 0.29) is 23.6 Å². The van der Waals surface area contributed by atoms with E-state index in [0.717, 1.165) is 12.8 Å². The van der Waals surface area contributed by atoms with Gasteiger partial charge in [0.15, 0.2) is 5.96 Å². The summed E-state index contributed by atoms with van der Waals surface area (Å²) < 4.78 is 32.6. The number of pyridine rings is 1. The Morgan fingerprint density at radius 1 is 1.58 bits per heavy atom. The molecule has 1 aliphatic carbocycles. The van der Waals surface area contributed by atoms with Crippen molar-refractivity contribution in [1.29, 1.82) is 0 Å². The molecule has 0 spiro atoms. The number of rotatable bonds is 5. The van der Waals surface area contributed by atoms with Gasteiger partial charge in [-0.3, -0.25) is 0 Å². The highest BCUT2D eigenvalue weighted by atomic mass is 19.3. The molecule has 1 heterocycles. The van der Waals surface area contributed by atoms with Gasteiger partial charge in [0.25, 0.3) is 0 Å². The lowest BCUT2D eigenvalue weighted by molar-refractivity contribution is 0.00139. The van der Waals surface area contributed by atoms with Crippen LogP contribution in [0.5, 0.6) is 5.88 Å². The Hall–Kier alpha value is -1.92. The zero-order valence-corrected chi connectivity index (χ0v) is 10.6. The monoisotopic (exact) mass is 270 g/mol. The van der Waals surface area contributed by atoms with Crippen LogP contribution in [-0.2, 0) is 5.92 Å². The first kappa shape index (κ1) is 13.5. The second-order valence-electron chi connectivity index (χ2n) is 4.39. The fourth-order valence-corrected chi connectivity index (χ4v) is 1.48. The number of nitrogens with zero attached hydrogens (tertiary/aromatic N) is 2. The molecule has 0 bridgehead atoms. The third kappa shape index (κ3) is 3.77. The quantitative estimate of drug-likeness (QED) is 0.624. The van der Waals surface area contributed by atoms with Gasteiger partial charge in [-0.25, -0.2) is 9.98 Å². The zero-order valence-electron chi connectivity index (χ0n) is 10.6. The van der Waals surface area contributed by atoms with E-state index in [1.165, 1.54) is 25.3 Å². The molecule has 1 aromatic rings. The van der Waals surface area contributed by atoms with E-state index in [9.17, 15) is 8.78 Å². The van der Waals surface area contributed by atoms with E-state index >= 15 is 0 Å². The van der Waals surface area contributed by atoms with Gasteiger partial charge in [-0.15, -0.1) is 0 Å². The van der Waals surface area contributed by atoms with Crippen LogP contribution < -0.4 is 15.8 Å². The highest BCUT2D eigenvalue weighted by Crippen LogP contribution is 2.28. The van der Waals surface area contributed by atoms with Crippen LogP contribution in [0.15, 0.2) is 23.2 Å². The van der Waals surface area contributed by atoms with Crippen molar-refractivity contribution in [1.82, 2.24) is 10.3 Å². The molecule has 19 heavy (non-hydrogen) atoms. The Balaban J connectivity index is 2.03. The maximum Gasteiger partial charge on any atom is 0.309 e. The molecule has 3 N–H and O–H groups in total. The van der Waals surface area contributed by atoms with Crippen molar-refractivity contribution in [2.45, 2.75) is 24.8 Å². The van der Waals surface area contributed by atoms with Gasteiger partial charge < -0.3 is 15.8 Å². The van der Waals surface area contributed by atoms with Crippen LogP contribution in [0.1, 0.15) is 18.5 Å². The number of methoxy groups -OCH3 is 1. The highest BCUT2D eigenvalue weighted by Gasteiger charge is 2.33. The molecule has 1 aromatic heterocycles. The fourth-order valence-electron chi connectivity index (χ4n) is 1.48. The average molecular weight is 270 g/mol. The first-order valence-corrected chi connectivity index (χ1v) is 5.97. The molecule has 104 valence electrons. The lowest BCUT2D eigenvalue weighted by atomic mass is 10.2. The highest BCUT2D eigenvalue weighted by molar-refractivity contribution is 5.78. The minimum Gasteiger partial charge on any atom is -0.481 e. The van der Waals surface area contributed by atoms with Crippen molar-refractivity contribution in [2.75, 3.05) is 13.7 Å². The van der Waals surface area contributed by atoms with E-state index in [4.69, 9.17) is 10.5 Å². The number of aromatic nitrogens is 1. The van der Waals surface area contributed by atoms with Gasteiger partial charge in [-0.1, -0.05) is 6.07 Å². The Morgan fingerprint density at radius 2 is 2.32 bits per heavy atom. The second kappa shape index (κ2) is 5.38. The molecule has 1 saturated carbocycles.